The number of furan rings is 1. The van der Waals surface area contributed by atoms with Crippen molar-refractivity contribution >= 4 is 34.0 Å². The van der Waals surface area contributed by atoms with Crippen LogP contribution in [0.15, 0.2) is 46.2 Å². The van der Waals surface area contributed by atoms with Gasteiger partial charge in [0.15, 0.2) is 5.58 Å². The number of hydrogen-bond acceptors (Lipinski definition) is 7. The van der Waals surface area contributed by atoms with Crippen LogP contribution in [0.25, 0.3) is 11.0 Å². The third-order valence-electron chi connectivity index (χ3n) is 5.42. The molecule has 1 fully saturated rings. The van der Waals surface area contributed by atoms with E-state index in [-0.39, 0.29) is 11.7 Å². The highest BCUT2D eigenvalue weighted by Gasteiger charge is 2.27. The molecule has 1 amide bonds. The Morgan fingerprint density at radius 2 is 2.07 bits per heavy atom. The molecule has 1 aromatic carbocycles. The third-order valence-corrected chi connectivity index (χ3v) is 5.42. The van der Waals surface area contributed by atoms with Crippen LogP contribution in [0.1, 0.15) is 28.1 Å². The van der Waals surface area contributed by atoms with Crippen LogP contribution in [-0.4, -0.2) is 53.0 Å². The second kappa shape index (κ2) is 7.21. The number of oxime groups is 1. The van der Waals surface area contributed by atoms with Crippen molar-refractivity contribution < 1.29 is 19.2 Å². The van der Waals surface area contributed by atoms with E-state index in [0.717, 1.165) is 35.0 Å². The molecule has 8 nitrogen and oxygen atoms in total. The number of aryl methyl sites for hydroxylation is 1. The fraction of sp³-hybridized carbons (Fsp3) is 0.286. The molecule has 2 N–H and O–H groups in total. The van der Waals surface area contributed by atoms with E-state index in [9.17, 15) is 4.79 Å². The van der Waals surface area contributed by atoms with E-state index in [1.54, 1.807) is 17.3 Å². The van der Waals surface area contributed by atoms with Gasteiger partial charge < -0.3 is 24.6 Å². The molecule has 148 valence electrons. The van der Waals surface area contributed by atoms with Crippen molar-refractivity contribution in [1.82, 2.24) is 9.88 Å². The molecule has 29 heavy (non-hydrogen) atoms. The number of nitrogens with zero attached hydrogens (tertiary/aromatic N) is 3. The Labute approximate surface area is 166 Å². The van der Waals surface area contributed by atoms with Crippen molar-refractivity contribution in [3.05, 3.63) is 53.5 Å². The van der Waals surface area contributed by atoms with E-state index >= 15 is 0 Å². The second-order valence-electron chi connectivity index (χ2n) is 7.13. The van der Waals surface area contributed by atoms with Gasteiger partial charge in [0.25, 0.3) is 5.91 Å². The summed E-state index contributed by atoms with van der Waals surface area (Å²) >= 11 is 0. The van der Waals surface area contributed by atoms with Gasteiger partial charge in [0.2, 0.25) is 5.76 Å². The van der Waals surface area contributed by atoms with Gasteiger partial charge in [-0.2, -0.15) is 0 Å². The highest BCUT2D eigenvalue weighted by atomic mass is 16.5. The first-order chi connectivity index (χ1) is 14.2. The van der Waals surface area contributed by atoms with Gasteiger partial charge in [0.1, 0.15) is 0 Å². The largest absolute Gasteiger partial charge is 0.447 e. The molecule has 1 saturated heterocycles. The number of carbonyl (C=O) groups excluding carboxylic acids is 1. The van der Waals surface area contributed by atoms with Crippen LogP contribution in [0, 0.1) is 0 Å². The van der Waals surface area contributed by atoms with Gasteiger partial charge in [-0.15, -0.1) is 0 Å². The lowest BCUT2D eigenvalue weighted by molar-refractivity contribution is 0.0285. The summed E-state index contributed by atoms with van der Waals surface area (Å²) in [6.07, 6.45) is 4.83. The molecule has 0 atom stereocenters. The fourth-order valence-electron chi connectivity index (χ4n) is 3.93. The number of amides is 1. The zero-order valence-corrected chi connectivity index (χ0v) is 15.7. The Morgan fingerprint density at radius 1 is 1.21 bits per heavy atom. The minimum absolute atomic E-state index is 0.164. The van der Waals surface area contributed by atoms with Crippen LogP contribution in [0.2, 0.25) is 0 Å². The number of hydrogen-bond donors (Lipinski definition) is 2. The molecule has 2 aliphatic rings. The maximum atomic E-state index is 13.1. The lowest BCUT2D eigenvalue weighted by atomic mass is 10.1. The highest BCUT2D eigenvalue weighted by Crippen LogP contribution is 2.35. The number of rotatable bonds is 3. The summed E-state index contributed by atoms with van der Waals surface area (Å²) in [6, 6.07) is 7.71. The van der Waals surface area contributed by atoms with Crippen LogP contribution < -0.4 is 5.32 Å². The summed E-state index contributed by atoms with van der Waals surface area (Å²) in [5.41, 5.74) is 4.81. The summed E-state index contributed by atoms with van der Waals surface area (Å²) in [5, 5.41) is 16.7. The molecule has 2 aromatic heterocycles. The first-order valence-electron chi connectivity index (χ1n) is 9.59. The normalized spacial score (nSPS) is 17.7. The average Bonchev–Trinajstić information content (AvgIpc) is 3.35. The lowest BCUT2D eigenvalue weighted by Gasteiger charge is -2.26. The molecule has 1 aliphatic heterocycles. The quantitative estimate of drug-likeness (QED) is 0.525. The van der Waals surface area contributed by atoms with Crippen LogP contribution >= 0.6 is 0 Å². The van der Waals surface area contributed by atoms with Gasteiger partial charge in [-0.25, -0.2) is 0 Å². The average molecular weight is 392 g/mol. The van der Waals surface area contributed by atoms with Crippen LogP contribution in [0.5, 0.6) is 0 Å². The predicted molar refractivity (Wildman–Crippen MR) is 107 cm³/mol. The summed E-state index contributed by atoms with van der Waals surface area (Å²) in [4.78, 5) is 19.0. The maximum Gasteiger partial charge on any atom is 0.291 e. The molecule has 0 radical (unpaired) electrons. The SMILES string of the molecule is O=C(c1oc2cnccc2c1Nc1ccc2c(c1)CC/C2=N\O)N1CCOCC1. The zero-order valence-electron chi connectivity index (χ0n) is 15.7. The van der Waals surface area contributed by atoms with Crippen molar-refractivity contribution in [2.45, 2.75) is 12.8 Å². The zero-order chi connectivity index (χ0) is 19.8. The van der Waals surface area contributed by atoms with Gasteiger partial charge in [-0.3, -0.25) is 9.78 Å². The standard InChI is InChI=1S/C21H20N4O4/c26-21(25-7-9-28-10-8-25)20-19(16-5-6-22-12-18(16)29-20)23-14-2-3-15-13(11-14)1-4-17(15)24-27/h2-3,5-6,11-12,23,27H,1,4,7-10H2/b24-17+. The Bertz CT molecular complexity index is 1120. The smallest absolute Gasteiger partial charge is 0.291 e. The first-order valence-corrected chi connectivity index (χ1v) is 9.59. The van der Waals surface area contributed by atoms with E-state index in [1.807, 2.05) is 24.3 Å². The van der Waals surface area contributed by atoms with E-state index in [4.69, 9.17) is 14.4 Å². The molecule has 0 bridgehead atoms. The number of morpholine rings is 1. The van der Waals surface area contributed by atoms with Crippen molar-refractivity contribution in [3.63, 3.8) is 0 Å². The first kappa shape index (κ1) is 17.7. The van der Waals surface area contributed by atoms with Crippen LogP contribution in [0.3, 0.4) is 0 Å². The fourth-order valence-corrected chi connectivity index (χ4v) is 3.93. The van der Waals surface area contributed by atoms with Gasteiger partial charge >= 0.3 is 0 Å². The topological polar surface area (TPSA) is 100 Å². The maximum absolute atomic E-state index is 13.1. The monoisotopic (exact) mass is 392 g/mol. The molecular weight excluding hydrogens is 372 g/mol. The summed E-state index contributed by atoms with van der Waals surface area (Å²) < 4.78 is 11.3. The van der Waals surface area contributed by atoms with Crippen LogP contribution in [-0.2, 0) is 11.2 Å². The molecular formula is C21H20N4O4. The number of anilines is 2. The number of aromatic nitrogens is 1. The Kier molecular flexibility index (Phi) is 4.40. The van der Waals surface area contributed by atoms with Crippen molar-refractivity contribution in [3.8, 4) is 0 Å². The number of benzene rings is 1. The minimum Gasteiger partial charge on any atom is -0.447 e. The van der Waals surface area contributed by atoms with E-state index < -0.39 is 0 Å². The molecule has 0 saturated carbocycles. The predicted octanol–water partition coefficient (Wildman–Crippen LogP) is 3.17. The van der Waals surface area contributed by atoms with Gasteiger partial charge in [-0.05, 0) is 36.6 Å². The molecule has 0 unspecified atom stereocenters. The summed E-state index contributed by atoms with van der Waals surface area (Å²) in [6.45, 7) is 2.12. The van der Waals surface area contributed by atoms with Crippen molar-refractivity contribution in [2.75, 3.05) is 31.6 Å². The molecule has 5 rings (SSSR count). The van der Waals surface area contributed by atoms with Crippen molar-refractivity contribution in [2.24, 2.45) is 5.16 Å². The Balaban J connectivity index is 1.53. The van der Waals surface area contributed by atoms with E-state index in [1.165, 1.54) is 0 Å². The van der Waals surface area contributed by atoms with E-state index in [2.05, 4.69) is 15.5 Å². The van der Waals surface area contributed by atoms with Gasteiger partial charge in [-0.1, -0.05) is 11.2 Å². The Hall–Kier alpha value is -3.39. The number of ether oxygens (including phenoxy) is 1. The van der Waals surface area contributed by atoms with Crippen LogP contribution in [0.4, 0.5) is 11.4 Å². The number of pyridine rings is 1. The second-order valence-corrected chi connectivity index (χ2v) is 7.13. The van der Waals surface area contributed by atoms with Crippen molar-refractivity contribution in [1.29, 1.82) is 0 Å². The summed E-state index contributed by atoms with van der Waals surface area (Å²) in [5.74, 6) is 0.107. The molecule has 8 heteroatoms. The molecule has 1 aliphatic carbocycles. The van der Waals surface area contributed by atoms with Gasteiger partial charge in [0.05, 0.1) is 30.8 Å². The summed E-state index contributed by atoms with van der Waals surface area (Å²) in [7, 11) is 0. The third kappa shape index (κ3) is 3.11. The van der Waals surface area contributed by atoms with E-state index in [0.29, 0.717) is 43.3 Å². The number of nitrogens with one attached hydrogen (secondary N) is 1. The van der Waals surface area contributed by atoms with Gasteiger partial charge in [0, 0.05) is 35.9 Å². The Morgan fingerprint density at radius 3 is 2.90 bits per heavy atom. The highest BCUT2D eigenvalue weighted by molar-refractivity contribution is 6.08. The number of fused-ring (bicyclic) bond motifs is 2. The molecule has 3 heterocycles. The molecule has 0 spiro atoms. The minimum atomic E-state index is -0.164. The lowest BCUT2D eigenvalue weighted by Crippen LogP contribution is -2.40. The number of carbonyl (C=O) groups is 1. The molecule has 3 aromatic rings.